The molecule has 0 saturated carbocycles. The van der Waals surface area contributed by atoms with Crippen LogP contribution in [0.5, 0.6) is 5.75 Å². The Balaban J connectivity index is 1.95. The molecule has 0 aliphatic heterocycles. The molecule has 1 atom stereocenters. The minimum absolute atomic E-state index is 0.271. The zero-order valence-electron chi connectivity index (χ0n) is 12.6. The number of rotatable bonds is 6. The zero-order valence-corrected chi connectivity index (χ0v) is 12.6. The van der Waals surface area contributed by atoms with Gasteiger partial charge in [0.1, 0.15) is 5.75 Å². The molecule has 4 heteroatoms. The summed E-state index contributed by atoms with van der Waals surface area (Å²) in [6.45, 7) is 7.22. The molecule has 4 nitrogen and oxygen atoms in total. The van der Waals surface area contributed by atoms with Gasteiger partial charge in [0, 0.05) is 30.4 Å². The Morgan fingerprint density at radius 2 is 2.10 bits per heavy atom. The Hall–Kier alpha value is -1.81. The standard InChI is InChI=1S/C16H23N3O/c1-12(2)19-11-14(10-18-19)9-17-13(3)15-6-5-7-16(8-15)20-4/h5-8,10-13,17H,9H2,1-4H3/t13-/m0/s1. The first-order valence-corrected chi connectivity index (χ1v) is 7.00. The van der Waals surface area contributed by atoms with E-state index < -0.39 is 0 Å². The van der Waals surface area contributed by atoms with Crippen molar-refractivity contribution in [1.29, 1.82) is 0 Å². The predicted molar refractivity (Wildman–Crippen MR) is 80.9 cm³/mol. The van der Waals surface area contributed by atoms with Crippen molar-refractivity contribution in [2.75, 3.05) is 7.11 Å². The number of nitrogens with one attached hydrogen (secondary N) is 1. The summed E-state index contributed by atoms with van der Waals surface area (Å²) in [7, 11) is 1.69. The van der Waals surface area contributed by atoms with Gasteiger partial charge in [-0.3, -0.25) is 4.68 Å². The van der Waals surface area contributed by atoms with E-state index in [4.69, 9.17) is 4.74 Å². The van der Waals surface area contributed by atoms with E-state index in [-0.39, 0.29) is 6.04 Å². The van der Waals surface area contributed by atoms with Gasteiger partial charge in [-0.15, -0.1) is 0 Å². The van der Waals surface area contributed by atoms with Crippen LogP contribution in [-0.2, 0) is 6.54 Å². The van der Waals surface area contributed by atoms with Gasteiger partial charge in [-0.05, 0) is 38.5 Å². The van der Waals surface area contributed by atoms with E-state index >= 15 is 0 Å². The Labute approximate surface area is 120 Å². The number of benzene rings is 1. The minimum atomic E-state index is 0.271. The van der Waals surface area contributed by atoms with Gasteiger partial charge < -0.3 is 10.1 Å². The van der Waals surface area contributed by atoms with Crippen molar-refractivity contribution in [2.24, 2.45) is 0 Å². The first-order chi connectivity index (χ1) is 9.60. The summed E-state index contributed by atoms with van der Waals surface area (Å²) in [5.74, 6) is 0.892. The molecule has 2 rings (SSSR count). The van der Waals surface area contributed by atoms with E-state index in [2.05, 4.69) is 49.5 Å². The summed E-state index contributed by atoms with van der Waals surface area (Å²) in [5, 5.41) is 7.86. The van der Waals surface area contributed by atoms with Crippen LogP contribution < -0.4 is 10.1 Å². The van der Waals surface area contributed by atoms with Crippen molar-refractivity contribution in [3.05, 3.63) is 47.8 Å². The molecule has 0 fully saturated rings. The normalized spacial score (nSPS) is 12.7. The molecule has 20 heavy (non-hydrogen) atoms. The summed E-state index contributed by atoms with van der Waals surface area (Å²) in [5.41, 5.74) is 2.43. The molecule has 0 aliphatic carbocycles. The summed E-state index contributed by atoms with van der Waals surface area (Å²) in [6.07, 6.45) is 4.02. The van der Waals surface area contributed by atoms with E-state index in [0.717, 1.165) is 12.3 Å². The van der Waals surface area contributed by atoms with Crippen LogP contribution in [0.3, 0.4) is 0 Å². The third kappa shape index (κ3) is 3.61. The molecule has 0 spiro atoms. The first kappa shape index (κ1) is 14.6. The summed E-state index contributed by atoms with van der Waals surface area (Å²) in [4.78, 5) is 0. The number of hydrogen-bond donors (Lipinski definition) is 1. The fourth-order valence-electron chi connectivity index (χ4n) is 2.05. The topological polar surface area (TPSA) is 39.1 Å². The maximum absolute atomic E-state index is 5.26. The van der Waals surface area contributed by atoms with E-state index in [1.54, 1.807) is 7.11 Å². The molecule has 0 amide bonds. The largest absolute Gasteiger partial charge is 0.497 e. The lowest BCUT2D eigenvalue weighted by Crippen LogP contribution is -2.17. The highest BCUT2D eigenvalue weighted by molar-refractivity contribution is 5.30. The molecule has 1 N–H and O–H groups in total. The Morgan fingerprint density at radius 3 is 2.75 bits per heavy atom. The maximum atomic E-state index is 5.26. The zero-order chi connectivity index (χ0) is 14.5. The average Bonchev–Trinajstić information content (AvgIpc) is 2.94. The van der Waals surface area contributed by atoms with Crippen LogP contribution in [0.1, 0.15) is 44.0 Å². The van der Waals surface area contributed by atoms with Gasteiger partial charge in [0.2, 0.25) is 0 Å². The average molecular weight is 273 g/mol. The van der Waals surface area contributed by atoms with Gasteiger partial charge in [0.25, 0.3) is 0 Å². The molecule has 108 valence electrons. The van der Waals surface area contributed by atoms with Gasteiger partial charge in [0.05, 0.1) is 13.3 Å². The first-order valence-electron chi connectivity index (χ1n) is 7.00. The molecule has 0 unspecified atom stereocenters. The van der Waals surface area contributed by atoms with Crippen molar-refractivity contribution in [2.45, 2.75) is 39.4 Å². The van der Waals surface area contributed by atoms with Crippen molar-refractivity contribution in [3.63, 3.8) is 0 Å². The summed E-state index contributed by atoms with van der Waals surface area (Å²) in [6, 6.07) is 8.82. The third-order valence-corrected chi connectivity index (χ3v) is 3.39. The molecule has 0 aliphatic rings. The summed E-state index contributed by atoms with van der Waals surface area (Å²) >= 11 is 0. The number of methoxy groups -OCH3 is 1. The van der Waals surface area contributed by atoms with E-state index in [1.807, 2.05) is 23.0 Å². The van der Waals surface area contributed by atoms with Crippen molar-refractivity contribution < 1.29 is 4.74 Å². The van der Waals surface area contributed by atoms with Crippen LogP contribution in [-0.4, -0.2) is 16.9 Å². The molecule has 1 aromatic heterocycles. The molecule has 2 aromatic rings. The number of ether oxygens (including phenoxy) is 1. The maximum Gasteiger partial charge on any atom is 0.119 e. The highest BCUT2D eigenvalue weighted by Gasteiger charge is 2.07. The molecule has 0 radical (unpaired) electrons. The number of nitrogens with zero attached hydrogens (tertiary/aromatic N) is 2. The van der Waals surface area contributed by atoms with Crippen LogP contribution >= 0.6 is 0 Å². The highest BCUT2D eigenvalue weighted by atomic mass is 16.5. The van der Waals surface area contributed by atoms with Crippen LogP contribution in [0.2, 0.25) is 0 Å². The second kappa shape index (κ2) is 6.57. The van der Waals surface area contributed by atoms with Crippen molar-refractivity contribution >= 4 is 0 Å². The Kier molecular flexibility index (Phi) is 4.79. The van der Waals surface area contributed by atoms with Gasteiger partial charge in [-0.2, -0.15) is 5.10 Å². The summed E-state index contributed by atoms with van der Waals surface area (Å²) < 4.78 is 7.24. The van der Waals surface area contributed by atoms with Crippen LogP contribution in [0, 0.1) is 0 Å². The lowest BCUT2D eigenvalue weighted by atomic mass is 10.1. The lowest BCUT2D eigenvalue weighted by molar-refractivity contribution is 0.413. The lowest BCUT2D eigenvalue weighted by Gasteiger charge is -2.14. The van der Waals surface area contributed by atoms with Gasteiger partial charge in [-0.25, -0.2) is 0 Å². The molecular formula is C16H23N3O. The monoisotopic (exact) mass is 273 g/mol. The van der Waals surface area contributed by atoms with Gasteiger partial charge >= 0.3 is 0 Å². The van der Waals surface area contributed by atoms with E-state index in [0.29, 0.717) is 6.04 Å². The van der Waals surface area contributed by atoms with Gasteiger partial charge in [-0.1, -0.05) is 12.1 Å². The predicted octanol–water partition coefficient (Wildman–Crippen LogP) is 3.32. The van der Waals surface area contributed by atoms with E-state index in [1.165, 1.54) is 11.1 Å². The van der Waals surface area contributed by atoms with Crippen LogP contribution in [0.15, 0.2) is 36.7 Å². The quantitative estimate of drug-likeness (QED) is 0.877. The fraction of sp³-hybridized carbons (Fsp3) is 0.438. The molecule has 1 heterocycles. The number of hydrogen-bond acceptors (Lipinski definition) is 3. The molecule has 0 saturated heterocycles. The number of aromatic nitrogens is 2. The smallest absolute Gasteiger partial charge is 0.119 e. The van der Waals surface area contributed by atoms with Crippen LogP contribution in [0.25, 0.3) is 0 Å². The van der Waals surface area contributed by atoms with E-state index in [9.17, 15) is 0 Å². The highest BCUT2D eigenvalue weighted by Crippen LogP contribution is 2.19. The molecule has 1 aromatic carbocycles. The molecule has 0 bridgehead atoms. The molecular weight excluding hydrogens is 250 g/mol. The van der Waals surface area contributed by atoms with Crippen LogP contribution in [0.4, 0.5) is 0 Å². The fourth-order valence-corrected chi connectivity index (χ4v) is 2.05. The second-order valence-corrected chi connectivity index (χ2v) is 5.30. The minimum Gasteiger partial charge on any atom is -0.497 e. The Bertz CT molecular complexity index is 548. The second-order valence-electron chi connectivity index (χ2n) is 5.30. The van der Waals surface area contributed by atoms with Crippen molar-refractivity contribution in [1.82, 2.24) is 15.1 Å². The van der Waals surface area contributed by atoms with Crippen molar-refractivity contribution in [3.8, 4) is 5.75 Å². The third-order valence-electron chi connectivity index (χ3n) is 3.39. The Morgan fingerprint density at radius 1 is 1.30 bits per heavy atom. The SMILES string of the molecule is COc1cccc([C@H](C)NCc2cnn(C(C)C)c2)c1. The van der Waals surface area contributed by atoms with Gasteiger partial charge in [0.15, 0.2) is 0 Å².